The predicted molar refractivity (Wildman–Crippen MR) is 231 cm³/mol. The van der Waals surface area contributed by atoms with Crippen LogP contribution in [0.1, 0.15) is 73.4 Å². The van der Waals surface area contributed by atoms with Crippen molar-refractivity contribution >= 4 is 122 Å². The fraction of sp³-hybridized carbons (Fsp3) is 0.0417. The molecular weight excluding hydrogens is 801 g/mol. The van der Waals surface area contributed by atoms with Crippen LogP contribution in [0.2, 0.25) is 0 Å². The Bertz CT molecular complexity index is 3220. The Morgan fingerprint density at radius 2 is 0.932 bits per heavy atom. The summed E-state index contributed by atoms with van der Waals surface area (Å²) in [6, 6.07) is 35.9. The van der Waals surface area contributed by atoms with Crippen LogP contribution >= 0.6 is 34.0 Å². The van der Waals surface area contributed by atoms with Crippen LogP contribution in [0.25, 0.3) is 52.9 Å². The van der Waals surface area contributed by atoms with Crippen molar-refractivity contribution < 1.29 is 38.2 Å². The van der Waals surface area contributed by atoms with Crippen molar-refractivity contribution in [3.63, 3.8) is 0 Å². The smallest absolute Gasteiger partial charge is 0.340 e. The highest BCUT2D eigenvalue weighted by atomic mass is 32.1. The molecule has 0 amide bonds. The van der Waals surface area contributed by atoms with Gasteiger partial charge in [-0.25, -0.2) is 9.59 Å². The van der Waals surface area contributed by atoms with Gasteiger partial charge in [0.1, 0.15) is 13.2 Å². The van der Waals surface area contributed by atoms with E-state index in [1.165, 1.54) is 34.0 Å². The van der Waals surface area contributed by atoms with Gasteiger partial charge in [0.05, 0.1) is 25.2 Å². The van der Waals surface area contributed by atoms with E-state index >= 15 is 0 Å². The SMILES string of the molecule is O=C1C(=O)c2ccccc2/C1=C/c1cc2c(C(=O)OCc3ccccc3)c3sc4cc(/C=C5\C(=O)C(=O)c6ccccc65)sc4c3c(C(=O)OCc3ccccc3)c2s1. The molecule has 2 aliphatic carbocycles. The zero-order valence-electron chi connectivity index (χ0n) is 30.6. The van der Waals surface area contributed by atoms with E-state index in [4.69, 9.17) is 9.47 Å². The normalized spacial score (nSPS) is 14.9. The van der Waals surface area contributed by atoms with Crippen LogP contribution < -0.4 is 0 Å². The minimum atomic E-state index is -0.637. The van der Waals surface area contributed by atoms with E-state index in [9.17, 15) is 28.8 Å². The van der Waals surface area contributed by atoms with Gasteiger partial charge in [-0.2, -0.15) is 0 Å². The minimum Gasteiger partial charge on any atom is -0.457 e. The van der Waals surface area contributed by atoms with Gasteiger partial charge in [0.2, 0.25) is 23.1 Å². The highest BCUT2D eigenvalue weighted by molar-refractivity contribution is 7.33. The summed E-state index contributed by atoms with van der Waals surface area (Å²) in [5, 5.41) is 0.927. The first-order chi connectivity index (χ1) is 28.7. The first-order valence-electron chi connectivity index (χ1n) is 18.4. The highest BCUT2D eigenvalue weighted by Crippen LogP contribution is 2.49. The molecule has 0 radical (unpaired) electrons. The van der Waals surface area contributed by atoms with Crippen LogP contribution in [0.3, 0.4) is 0 Å². The van der Waals surface area contributed by atoms with E-state index in [2.05, 4.69) is 0 Å². The number of Topliss-reactive ketones (excluding diaryl/α,β-unsaturated/α-hetero) is 4. The summed E-state index contributed by atoms with van der Waals surface area (Å²) < 4.78 is 14.4. The van der Waals surface area contributed by atoms with Crippen LogP contribution in [0.5, 0.6) is 0 Å². The van der Waals surface area contributed by atoms with Crippen molar-refractivity contribution in [3.05, 3.63) is 176 Å². The quantitative estimate of drug-likeness (QED) is 0.0843. The van der Waals surface area contributed by atoms with Crippen LogP contribution in [0.15, 0.2) is 121 Å². The second-order valence-corrected chi connectivity index (χ2v) is 17.2. The number of hydrogen-bond donors (Lipinski definition) is 0. The summed E-state index contributed by atoms with van der Waals surface area (Å²) in [4.78, 5) is 82.4. The number of rotatable bonds is 8. The van der Waals surface area contributed by atoms with E-state index < -0.39 is 35.1 Å². The first-order valence-corrected chi connectivity index (χ1v) is 20.9. The molecule has 0 atom stereocenters. The molecule has 0 saturated carbocycles. The molecular formula is C48H26O8S3. The van der Waals surface area contributed by atoms with E-state index in [-0.39, 0.29) is 35.5 Å². The molecule has 10 rings (SSSR count). The van der Waals surface area contributed by atoms with Gasteiger partial charge in [-0.05, 0) is 46.5 Å². The third-order valence-corrected chi connectivity index (χ3v) is 13.8. The number of allylic oxidation sites excluding steroid dienone is 2. The highest BCUT2D eigenvalue weighted by Gasteiger charge is 2.35. The summed E-state index contributed by atoms with van der Waals surface area (Å²) in [7, 11) is 0. The molecule has 5 aromatic carbocycles. The number of carbonyl (C=O) groups is 6. The molecule has 59 heavy (non-hydrogen) atoms. The van der Waals surface area contributed by atoms with Crippen LogP contribution in [-0.2, 0) is 32.3 Å². The van der Waals surface area contributed by atoms with Gasteiger partial charge in [-0.1, -0.05) is 109 Å². The van der Waals surface area contributed by atoms with E-state index in [1.54, 1.807) is 66.7 Å². The standard InChI is InChI=1S/C48H26O8S3/c49-40-31-17-9-7-15-29(31)33(42(40)51)19-27-21-35-37(47(53)55-23-25-11-3-1-4-12-25)46-38(39(44(35)57-27)48(54)56-24-26-13-5-2-6-14-26)45-36(59-46)22-28(58-45)20-34-30-16-8-10-18-32(30)41(50)43(34)52/h1-22H,23-24H2/b33-19-,34-20-. The molecule has 0 N–H and O–H groups in total. The van der Waals surface area contributed by atoms with Gasteiger partial charge in [0, 0.05) is 47.5 Å². The molecule has 0 bridgehead atoms. The van der Waals surface area contributed by atoms with E-state index in [1.807, 2.05) is 66.7 Å². The topological polar surface area (TPSA) is 121 Å². The lowest BCUT2D eigenvalue weighted by Gasteiger charge is -2.12. The van der Waals surface area contributed by atoms with Crippen molar-refractivity contribution in [1.82, 2.24) is 0 Å². The summed E-state index contributed by atoms with van der Waals surface area (Å²) in [6.07, 6.45) is 3.33. The van der Waals surface area contributed by atoms with Gasteiger partial charge in [-0.15, -0.1) is 34.0 Å². The Labute approximate surface area is 347 Å². The average Bonchev–Trinajstić information content (AvgIpc) is 4.05. The molecule has 3 heterocycles. The van der Waals surface area contributed by atoms with Crippen molar-refractivity contribution in [3.8, 4) is 0 Å². The third kappa shape index (κ3) is 6.18. The number of fused-ring (bicyclic) bond motifs is 6. The molecule has 0 unspecified atom stereocenters. The molecule has 2 aliphatic rings. The number of esters is 2. The average molecular weight is 827 g/mol. The number of carbonyl (C=O) groups excluding carboxylic acids is 6. The Morgan fingerprint density at radius 3 is 1.47 bits per heavy atom. The second-order valence-electron chi connectivity index (χ2n) is 13.9. The van der Waals surface area contributed by atoms with Gasteiger partial charge >= 0.3 is 11.9 Å². The Kier molecular flexibility index (Phi) is 8.94. The Balaban J connectivity index is 1.19. The van der Waals surface area contributed by atoms with Gasteiger partial charge < -0.3 is 9.47 Å². The Morgan fingerprint density at radius 1 is 0.475 bits per heavy atom. The monoisotopic (exact) mass is 826 g/mol. The first kappa shape index (κ1) is 36.4. The number of benzene rings is 5. The zero-order chi connectivity index (χ0) is 40.4. The lowest BCUT2D eigenvalue weighted by atomic mass is 10.0. The van der Waals surface area contributed by atoms with Crippen molar-refractivity contribution in [2.24, 2.45) is 0 Å². The van der Waals surface area contributed by atoms with Crippen molar-refractivity contribution in [2.45, 2.75) is 13.2 Å². The molecule has 3 aromatic heterocycles. The van der Waals surface area contributed by atoms with E-state index in [0.29, 0.717) is 56.9 Å². The molecule has 0 spiro atoms. The number of ketones is 4. The number of hydrogen-bond acceptors (Lipinski definition) is 11. The Hall–Kier alpha value is -6.92. The second kappa shape index (κ2) is 14.5. The number of ether oxygens (including phenoxy) is 2. The summed E-state index contributed by atoms with van der Waals surface area (Å²) in [6.45, 7) is -0.00647. The van der Waals surface area contributed by atoms with Gasteiger partial charge in [0.15, 0.2) is 0 Å². The van der Waals surface area contributed by atoms with Crippen LogP contribution in [0, 0.1) is 0 Å². The van der Waals surface area contributed by atoms with Gasteiger partial charge in [-0.3, -0.25) is 19.2 Å². The molecule has 0 saturated heterocycles. The van der Waals surface area contributed by atoms with Crippen molar-refractivity contribution in [2.75, 3.05) is 0 Å². The lowest BCUT2D eigenvalue weighted by Crippen LogP contribution is -2.10. The van der Waals surface area contributed by atoms with Crippen molar-refractivity contribution in [1.29, 1.82) is 0 Å². The van der Waals surface area contributed by atoms with Crippen LogP contribution in [-0.4, -0.2) is 35.1 Å². The summed E-state index contributed by atoms with van der Waals surface area (Å²) in [5.74, 6) is -3.61. The molecule has 11 heteroatoms. The summed E-state index contributed by atoms with van der Waals surface area (Å²) >= 11 is 3.84. The maximum Gasteiger partial charge on any atom is 0.340 e. The minimum absolute atomic E-state index is 0.00363. The summed E-state index contributed by atoms with van der Waals surface area (Å²) in [5.41, 5.74) is 4.31. The molecule has 8 aromatic rings. The molecule has 284 valence electrons. The molecule has 0 aliphatic heterocycles. The number of thiophene rings is 3. The zero-order valence-corrected chi connectivity index (χ0v) is 33.1. The lowest BCUT2D eigenvalue weighted by molar-refractivity contribution is -0.110. The van der Waals surface area contributed by atoms with E-state index in [0.717, 1.165) is 15.8 Å². The third-order valence-electron chi connectivity index (χ3n) is 10.3. The largest absolute Gasteiger partial charge is 0.457 e. The van der Waals surface area contributed by atoms with Gasteiger partial charge in [0.25, 0.3) is 0 Å². The fourth-order valence-electron chi connectivity index (χ4n) is 7.59. The van der Waals surface area contributed by atoms with Crippen LogP contribution in [0.4, 0.5) is 0 Å². The predicted octanol–water partition coefficient (Wildman–Crippen LogP) is 10.7. The maximum atomic E-state index is 14.6. The molecule has 0 fully saturated rings. The molecule has 8 nitrogen and oxygen atoms in total. The fourth-order valence-corrected chi connectivity index (χ4v) is 11.4. The maximum absolute atomic E-state index is 14.6.